The molecule has 0 atom stereocenters. The van der Waals surface area contributed by atoms with Gasteiger partial charge in [-0.2, -0.15) is 0 Å². The second-order valence-corrected chi connectivity index (χ2v) is 4.16. The van der Waals surface area contributed by atoms with Gasteiger partial charge >= 0.3 is 0 Å². The number of anilines is 1. The lowest BCUT2D eigenvalue weighted by Crippen LogP contribution is -2.01. The number of aryl methyl sites for hydroxylation is 1. The van der Waals surface area contributed by atoms with E-state index in [2.05, 4.69) is 20.6 Å². The van der Waals surface area contributed by atoms with E-state index in [9.17, 15) is 0 Å². The minimum absolute atomic E-state index is 0.157. The molecule has 2 heterocycles. The number of nitrogens with zero attached hydrogens (tertiary/aromatic N) is 4. The van der Waals surface area contributed by atoms with Crippen molar-refractivity contribution < 1.29 is 5.11 Å². The maximum absolute atomic E-state index is 8.72. The number of rotatable bonds is 6. The number of aromatic nitrogens is 4. The van der Waals surface area contributed by atoms with Gasteiger partial charge in [-0.25, -0.2) is 4.98 Å². The van der Waals surface area contributed by atoms with Gasteiger partial charge in [-0.3, -0.25) is 4.68 Å². The van der Waals surface area contributed by atoms with Crippen molar-refractivity contribution in [2.45, 2.75) is 19.5 Å². The van der Waals surface area contributed by atoms with Crippen LogP contribution in [-0.4, -0.2) is 31.7 Å². The van der Waals surface area contributed by atoms with Gasteiger partial charge in [-0.05, 0) is 18.6 Å². The minimum atomic E-state index is 0.157. The summed E-state index contributed by atoms with van der Waals surface area (Å²) in [6, 6.07) is 3.58. The monoisotopic (exact) mass is 267 g/mol. The first kappa shape index (κ1) is 12.8. The van der Waals surface area contributed by atoms with E-state index in [4.69, 9.17) is 16.7 Å². The summed E-state index contributed by atoms with van der Waals surface area (Å²) >= 11 is 5.70. The van der Waals surface area contributed by atoms with Crippen LogP contribution in [0.2, 0.25) is 5.15 Å². The Kier molecular flexibility index (Phi) is 4.49. The summed E-state index contributed by atoms with van der Waals surface area (Å²) < 4.78 is 1.72. The van der Waals surface area contributed by atoms with Crippen LogP contribution in [0.1, 0.15) is 12.1 Å². The first-order valence-electron chi connectivity index (χ1n) is 5.63. The fourth-order valence-electron chi connectivity index (χ4n) is 1.43. The molecule has 18 heavy (non-hydrogen) atoms. The van der Waals surface area contributed by atoms with Crippen molar-refractivity contribution in [1.29, 1.82) is 0 Å². The molecular weight excluding hydrogens is 254 g/mol. The third kappa shape index (κ3) is 3.68. The van der Waals surface area contributed by atoms with Crippen molar-refractivity contribution in [2.75, 3.05) is 11.9 Å². The van der Waals surface area contributed by atoms with Crippen LogP contribution in [0.4, 0.5) is 5.69 Å². The molecule has 7 heteroatoms. The summed E-state index contributed by atoms with van der Waals surface area (Å²) in [5.41, 5.74) is 1.71. The van der Waals surface area contributed by atoms with Gasteiger partial charge in [0.05, 0.1) is 24.6 Å². The Labute approximate surface area is 110 Å². The number of aliphatic hydroxyl groups excluding tert-OH is 1. The third-order valence-electron chi connectivity index (χ3n) is 2.33. The molecule has 0 aliphatic heterocycles. The van der Waals surface area contributed by atoms with Crippen molar-refractivity contribution in [2.24, 2.45) is 0 Å². The number of pyridine rings is 1. The maximum Gasteiger partial charge on any atom is 0.129 e. The molecule has 0 saturated carbocycles. The minimum Gasteiger partial charge on any atom is -0.396 e. The number of hydrogen-bond donors (Lipinski definition) is 2. The van der Waals surface area contributed by atoms with Crippen molar-refractivity contribution in [3.63, 3.8) is 0 Å². The largest absolute Gasteiger partial charge is 0.396 e. The standard InChI is InChI=1S/C11H14ClN5O/c12-11-3-2-9(6-14-11)13-7-10-8-17(16-15-10)4-1-5-18/h2-3,6,8,13,18H,1,4-5,7H2. The summed E-state index contributed by atoms with van der Waals surface area (Å²) in [5.74, 6) is 0. The van der Waals surface area contributed by atoms with Gasteiger partial charge in [0.2, 0.25) is 0 Å². The first-order chi connectivity index (χ1) is 8.78. The molecule has 2 aromatic heterocycles. The summed E-state index contributed by atoms with van der Waals surface area (Å²) in [5, 5.41) is 20.3. The van der Waals surface area contributed by atoms with E-state index >= 15 is 0 Å². The van der Waals surface area contributed by atoms with Crippen LogP contribution in [0.15, 0.2) is 24.5 Å². The quantitative estimate of drug-likeness (QED) is 0.772. The van der Waals surface area contributed by atoms with E-state index in [-0.39, 0.29) is 6.61 Å². The van der Waals surface area contributed by atoms with Crippen LogP contribution >= 0.6 is 11.6 Å². The van der Waals surface area contributed by atoms with Crippen molar-refractivity contribution in [3.8, 4) is 0 Å². The zero-order valence-electron chi connectivity index (χ0n) is 9.75. The van der Waals surface area contributed by atoms with E-state index in [1.807, 2.05) is 12.3 Å². The Morgan fingerprint density at radius 1 is 1.39 bits per heavy atom. The van der Waals surface area contributed by atoms with Gasteiger partial charge in [0.25, 0.3) is 0 Å². The Morgan fingerprint density at radius 3 is 3.00 bits per heavy atom. The Bertz CT molecular complexity index is 484. The van der Waals surface area contributed by atoms with Gasteiger partial charge in [-0.1, -0.05) is 16.8 Å². The zero-order chi connectivity index (χ0) is 12.8. The van der Waals surface area contributed by atoms with E-state index in [0.29, 0.717) is 24.7 Å². The van der Waals surface area contributed by atoms with Crippen molar-refractivity contribution in [1.82, 2.24) is 20.0 Å². The van der Waals surface area contributed by atoms with E-state index in [0.717, 1.165) is 11.4 Å². The second kappa shape index (κ2) is 6.32. The summed E-state index contributed by atoms with van der Waals surface area (Å²) in [6.45, 7) is 1.40. The number of nitrogens with one attached hydrogen (secondary N) is 1. The molecule has 96 valence electrons. The summed E-state index contributed by atoms with van der Waals surface area (Å²) in [7, 11) is 0. The molecule has 0 aromatic carbocycles. The molecule has 0 spiro atoms. The number of halogens is 1. The predicted molar refractivity (Wildman–Crippen MR) is 68.3 cm³/mol. The molecule has 0 aliphatic rings. The first-order valence-corrected chi connectivity index (χ1v) is 6.01. The highest BCUT2D eigenvalue weighted by Crippen LogP contribution is 2.10. The zero-order valence-corrected chi connectivity index (χ0v) is 10.5. The topological polar surface area (TPSA) is 75.9 Å². The fraction of sp³-hybridized carbons (Fsp3) is 0.364. The van der Waals surface area contributed by atoms with Gasteiger partial charge in [0.15, 0.2) is 0 Å². The highest BCUT2D eigenvalue weighted by Gasteiger charge is 2.00. The van der Waals surface area contributed by atoms with Crippen molar-refractivity contribution in [3.05, 3.63) is 35.4 Å². The molecule has 0 fully saturated rings. The number of aliphatic hydroxyl groups is 1. The van der Waals surface area contributed by atoms with Crippen LogP contribution in [-0.2, 0) is 13.1 Å². The van der Waals surface area contributed by atoms with Gasteiger partial charge in [-0.15, -0.1) is 5.10 Å². The lowest BCUT2D eigenvalue weighted by molar-refractivity contribution is 0.276. The normalized spacial score (nSPS) is 10.6. The van der Waals surface area contributed by atoms with Crippen LogP contribution in [0.3, 0.4) is 0 Å². The van der Waals surface area contributed by atoms with Crippen LogP contribution in [0.5, 0.6) is 0 Å². The maximum atomic E-state index is 8.72. The molecule has 0 unspecified atom stereocenters. The highest BCUT2D eigenvalue weighted by molar-refractivity contribution is 6.29. The van der Waals surface area contributed by atoms with Gasteiger partial charge < -0.3 is 10.4 Å². The van der Waals surface area contributed by atoms with Gasteiger partial charge in [0.1, 0.15) is 10.8 Å². The average Bonchev–Trinajstić information content (AvgIpc) is 2.84. The summed E-state index contributed by atoms with van der Waals surface area (Å²) in [6.07, 6.45) is 4.20. The molecule has 0 aliphatic carbocycles. The fourth-order valence-corrected chi connectivity index (χ4v) is 1.55. The molecular formula is C11H14ClN5O. The van der Waals surface area contributed by atoms with E-state index < -0.39 is 0 Å². The number of hydrogen-bond acceptors (Lipinski definition) is 5. The summed E-state index contributed by atoms with van der Waals surface area (Å²) in [4.78, 5) is 3.97. The Hall–Kier alpha value is -1.66. The molecule has 2 N–H and O–H groups in total. The molecule has 6 nitrogen and oxygen atoms in total. The van der Waals surface area contributed by atoms with Crippen molar-refractivity contribution >= 4 is 17.3 Å². The van der Waals surface area contributed by atoms with Gasteiger partial charge in [0, 0.05) is 13.2 Å². The molecule has 0 amide bonds. The molecule has 2 aromatic rings. The van der Waals surface area contributed by atoms with Crippen LogP contribution < -0.4 is 5.32 Å². The van der Waals surface area contributed by atoms with E-state index in [1.54, 1.807) is 16.9 Å². The smallest absolute Gasteiger partial charge is 0.129 e. The molecule has 0 saturated heterocycles. The third-order valence-corrected chi connectivity index (χ3v) is 2.56. The Morgan fingerprint density at radius 2 is 2.28 bits per heavy atom. The lowest BCUT2D eigenvalue weighted by atomic mass is 10.4. The van der Waals surface area contributed by atoms with E-state index in [1.165, 1.54) is 0 Å². The van der Waals surface area contributed by atoms with Crippen LogP contribution in [0.25, 0.3) is 0 Å². The highest BCUT2D eigenvalue weighted by atomic mass is 35.5. The SMILES string of the molecule is OCCCn1cc(CNc2ccc(Cl)nc2)nn1. The molecule has 2 rings (SSSR count). The average molecular weight is 268 g/mol. The second-order valence-electron chi connectivity index (χ2n) is 3.77. The molecule has 0 bridgehead atoms. The Balaban J connectivity index is 1.86. The lowest BCUT2D eigenvalue weighted by Gasteiger charge is -2.02. The molecule has 0 radical (unpaired) electrons. The van der Waals surface area contributed by atoms with Crippen LogP contribution in [0, 0.1) is 0 Å². The predicted octanol–water partition coefficient (Wildman–Crippen LogP) is 1.32.